The fourth-order valence-electron chi connectivity index (χ4n) is 1.45. The van der Waals surface area contributed by atoms with E-state index in [0.717, 1.165) is 15.6 Å². The number of hydrogen-bond acceptors (Lipinski definition) is 2. The van der Waals surface area contributed by atoms with Crippen LogP contribution >= 0.6 is 15.9 Å². The van der Waals surface area contributed by atoms with Crippen molar-refractivity contribution in [3.05, 3.63) is 53.0 Å². The van der Waals surface area contributed by atoms with Crippen LogP contribution in [0, 0.1) is 0 Å². The van der Waals surface area contributed by atoms with Gasteiger partial charge in [0, 0.05) is 4.47 Å². The monoisotopic (exact) mass is 314 g/mol. The third-order valence-corrected chi connectivity index (χ3v) is 3.68. The average molecular weight is 315 g/mol. The van der Waals surface area contributed by atoms with Crippen LogP contribution in [-0.4, -0.2) is 8.42 Å². The molecule has 0 aliphatic heterocycles. The lowest BCUT2D eigenvalue weighted by molar-refractivity contribution is 0.552. The van der Waals surface area contributed by atoms with Gasteiger partial charge in [0.15, 0.2) is 0 Å². The van der Waals surface area contributed by atoms with Crippen LogP contribution in [-0.2, 0) is 10.2 Å². The quantitative estimate of drug-likeness (QED) is 0.791. The van der Waals surface area contributed by atoms with E-state index in [0.29, 0.717) is 0 Å². The molecule has 2 aromatic rings. The zero-order chi connectivity index (χ0) is 12.5. The summed E-state index contributed by atoms with van der Waals surface area (Å²) < 4.78 is 34.9. The lowest BCUT2D eigenvalue weighted by Gasteiger charge is -2.02. The normalized spacial score (nSPS) is 11.4. The summed E-state index contributed by atoms with van der Waals surface area (Å²) in [5.41, 5.74) is 1.78. The van der Waals surface area contributed by atoms with Gasteiger partial charge in [-0.15, -0.1) is 3.89 Å². The van der Waals surface area contributed by atoms with Crippen molar-refractivity contribution in [2.75, 3.05) is 0 Å². The molecule has 17 heavy (non-hydrogen) atoms. The summed E-state index contributed by atoms with van der Waals surface area (Å²) in [5, 5.41) is 0. The van der Waals surface area contributed by atoms with Crippen LogP contribution < -0.4 is 0 Å². The van der Waals surface area contributed by atoms with Gasteiger partial charge in [0.25, 0.3) is 0 Å². The van der Waals surface area contributed by atoms with E-state index in [2.05, 4.69) is 15.9 Å². The first-order valence-corrected chi connectivity index (χ1v) is 6.95. The number of benzene rings is 2. The highest BCUT2D eigenvalue weighted by molar-refractivity contribution is 9.10. The molecular formula is C12H8BrFO2S. The van der Waals surface area contributed by atoms with Crippen molar-refractivity contribution in [3.63, 3.8) is 0 Å². The van der Waals surface area contributed by atoms with Crippen molar-refractivity contribution in [3.8, 4) is 11.1 Å². The average Bonchev–Trinajstić information content (AvgIpc) is 2.29. The Kier molecular flexibility index (Phi) is 3.31. The molecule has 88 valence electrons. The Balaban J connectivity index is 2.39. The zero-order valence-electron chi connectivity index (χ0n) is 8.60. The number of halogens is 2. The Morgan fingerprint density at radius 1 is 0.824 bits per heavy atom. The van der Waals surface area contributed by atoms with Crippen LogP contribution in [0.5, 0.6) is 0 Å². The van der Waals surface area contributed by atoms with Crippen LogP contribution in [0.25, 0.3) is 11.1 Å². The van der Waals surface area contributed by atoms with E-state index in [4.69, 9.17) is 0 Å². The van der Waals surface area contributed by atoms with Gasteiger partial charge in [-0.25, -0.2) is 0 Å². The summed E-state index contributed by atoms with van der Waals surface area (Å²) in [5.74, 6) is 0. The van der Waals surface area contributed by atoms with Crippen LogP contribution in [0.4, 0.5) is 3.89 Å². The Morgan fingerprint density at radius 2 is 1.24 bits per heavy atom. The summed E-state index contributed by atoms with van der Waals surface area (Å²) >= 11 is 3.33. The highest BCUT2D eigenvalue weighted by Gasteiger charge is 2.10. The SMILES string of the molecule is O=S(=O)(F)c1ccc(-c2ccc(Br)cc2)cc1. The van der Waals surface area contributed by atoms with Crippen molar-refractivity contribution in [1.29, 1.82) is 0 Å². The van der Waals surface area contributed by atoms with Crippen molar-refractivity contribution in [1.82, 2.24) is 0 Å². The van der Waals surface area contributed by atoms with Gasteiger partial charge in [-0.3, -0.25) is 0 Å². The molecule has 0 unspecified atom stereocenters. The van der Waals surface area contributed by atoms with E-state index in [1.54, 1.807) is 12.1 Å². The maximum atomic E-state index is 12.7. The first-order valence-electron chi connectivity index (χ1n) is 4.77. The van der Waals surface area contributed by atoms with Crippen LogP contribution in [0.3, 0.4) is 0 Å². The smallest absolute Gasteiger partial charge is 0.189 e. The minimum absolute atomic E-state index is 0.321. The van der Waals surface area contributed by atoms with E-state index in [-0.39, 0.29) is 4.90 Å². The second kappa shape index (κ2) is 4.58. The molecule has 0 spiro atoms. The molecule has 0 saturated heterocycles. The molecule has 0 aromatic heterocycles. The zero-order valence-corrected chi connectivity index (χ0v) is 11.0. The molecule has 0 amide bonds. The van der Waals surface area contributed by atoms with Gasteiger partial charge in [0.2, 0.25) is 0 Å². The second-order valence-corrected chi connectivity index (χ2v) is 5.73. The summed E-state index contributed by atoms with van der Waals surface area (Å²) in [6.45, 7) is 0. The highest BCUT2D eigenvalue weighted by atomic mass is 79.9. The van der Waals surface area contributed by atoms with E-state index in [9.17, 15) is 12.3 Å². The lowest BCUT2D eigenvalue weighted by Crippen LogP contribution is -1.91. The highest BCUT2D eigenvalue weighted by Crippen LogP contribution is 2.23. The third kappa shape index (κ3) is 2.92. The third-order valence-electron chi connectivity index (χ3n) is 2.31. The predicted molar refractivity (Wildman–Crippen MR) is 67.9 cm³/mol. The molecule has 0 bridgehead atoms. The largest absolute Gasteiger partial charge is 0.332 e. The molecule has 2 nitrogen and oxygen atoms in total. The summed E-state index contributed by atoms with van der Waals surface area (Å²) in [6, 6.07) is 13.2. The minimum atomic E-state index is -4.62. The Labute approximate surface area is 107 Å². The molecule has 0 heterocycles. The van der Waals surface area contributed by atoms with Gasteiger partial charge < -0.3 is 0 Å². The van der Waals surface area contributed by atoms with Crippen molar-refractivity contribution in [2.45, 2.75) is 4.90 Å². The van der Waals surface area contributed by atoms with Gasteiger partial charge in [-0.2, -0.15) is 8.42 Å². The van der Waals surface area contributed by atoms with E-state index in [1.807, 2.05) is 24.3 Å². The van der Waals surface area contributed by atoms with E-state index >= 15 is 0 Å². The van der Waals surface area contributed by atoms with Gasteiger partial charge in [0.05, 0.1) is 4.90 Å². The standard InChI is InChI=1S/C12H8BrFO2S/c13-11-5-1-9(2-6-11)10-3-7-12(8-4-10)17(14,15)16/h1-8H. The summed E-state index contributed by atoms with van der Waals surface area (Å²) in [7, 11) is -4.62. The molecule has 0 aliphatic rings. The predicted octanol–water partition coefficient (Wildman–Crippen LogP) is 3.77. The summed E-state index contributed by atoms with van der Waals surface area (Å²) in [4.78, 5) is -0.321. The first-order chi connectivity index (χ1) is 7.97. The van der Waals surface area contributed by atoms with Gasteiger partial charge in [-0.1, -0.05) is 40.2 Å². The molecule has 0 radical (unpaired) electrons. The fraction of sp³-hybridized carbons (Fsp3) is 0. The maximum absolute atomic E-state index is 12.7. The van der Waals surface area contributed by atoms with Gasteiger partial charge in [0.1, 0.15) is 0 Å². The van der Waals surface area contributed by atoms with E-state index < -0.39 is 10.2 Å². The maximum Gasteiger partial charge on any atom is 0.332 e. The van der Waals surface area contributed by atoms with E-state index in [1.165, 1.54) is 12.1 Å². The minimum Gasteiger partial charge on any atom is -0.189 e. The molecule has 2 aromatic carbocycles. The Bertz CT molecular complexity index is 619. The molecule has 0 fully saturated rings. The van der Waals surface area contributed by atoms with Crippen molar-refractivity contribution in [2.24, 2.45) is 0 Å². The Hall–Kier alpha value is -1.20. The second-order valence-electron chi connectivity index (χ2n) is 3.47. The molecule has 2 rings (SSSR count). The van der Waals surface area contributed by atoms with Crippen molar-refractivity contribution >= 4 is 26.2 Å². The van der Waals surface area contributed by atoms with Crippen LogP contribution in [0.15, 0.2) is 57.9 Å². The summed E-state index contributed by atoms with van der Waals surface area (Å²) in [6.07, 6.45) is 0. The number of hydrogen-bond donors (Lipinski definition) is 0. The first kappa shape index (κ1) is 12.3. The molecule has 0 atom stereocenters. The molecule has 0 aliphatic carbocycles. The van der Waals surface area contributed by atoms with Gasteiger partial charge >= 0.3 is 10.2 Å². The van der Waals surface area contributed by atoms with Crippen molar-refractivity contribution < 1.29 is 12.3 Å². The molecular weight excluding hydrogens is 307 g/mol. The van der Waals surface area contributed by atoms with Gasteiger partial charge in [-0.05, 0) is 35.4 Å². The fourth-order valence-corrected chi connectivity index (χ4v) is 2.18. The number of rotatable bonds is 2. The van der Waals surface area contributed by atoms with Crippen LogP contribution in [0.1, 0.15) is 0 Å². The molecule has 5 heteroatoms. The van der Waals surface area contributed by atoms with Crippen LogP contribution in [0.2, 0.25) is 0 Å². The Morgan fingerprint density at radius 3 is 1.65 bits per heavy atom. The topological polar surface area (TPSA) is 34.1 Å². The lowest BCUT2D eigenvalue weighted by atomic mass is 10.1. The molecule has 0 saturated carbocycles. The molecule has 0 N–H and O–H groups in total.